The number of benzene rings is 1. The van der Waals surface area contributed by atoms with Crippen LogP contribution in [-0.4, -0.2) is 59.3 Å². The van der Waals surface area contributed by atoms with Crippen LogP contribution in [0, 0.1) is 24.0 Å². The molecule has 28 heavy (non-hydrogen) atoms. The highest BCUT2D eigenvalue weighted by molar-refractivity contribution is 5.95. The first-order valence-electron chi connectivity index (χ1n) is 8.96. The Labute approximate surface area is 162 Å². The number of amides is 2. The number of aryl methyl sites for hydroxylation is 2. The van der Waals surface area contributed by atoms with Crippen molar-refractivity contribution in [3.63, 3.8) is 0 Å². The fraction of sp³-hybridized carbons (Fsp3) is 0.368. The van der Waals surface area contributed by atoms with Crippen LogP contribution in [0.5, 0.6) is 0 Å². The molecule has 1 N–H and O–H groups in total. The summed E-state index contributed by atoms with van der Waals surface area (Å²) in [6.07, 6.45) is 1.46. The van der Waals surface area contributed by atoms with E-state index in [1.165, 1.54) is 12.3 Å². The molecule has 9 nitrogen and oxygen atoms in total. The van der Waals surface area contributed by atoms with Crippen molar-refractivity contribution in [3.05, 3.63) is 57.5 Å². The summed E-state index contributed by atoms with van der Waals surface area (Å²) in [7, 11) is 0. The average molecular weight is 386 g/mol. The van der Waals surface area contributed by atoms with Gasteiger partial charge in [0, 0.05) is 32.2 Å². The SMILES string of the molecule is Cc1cc(NC(=O)CN2CCN(C(=O)c3ccco3)CC2)c([N+](=O)[O-])cc1C. The van der Waals surface area contributed by atoms with Crippen LogP contribution in [0.15, 0.2) is 34.9 Å². The van der Waals surface area contributed by atoms with Gasteiger partial charge in [0.25, 0.3) is 11.6 Å². The van der Waals surface area contributed by atoms with Gasteiger partial charge in [0.2, 0.25) is 5.91 Å². The summed E-state index contributed by atoms with van der Waals surface area (Å²) in [6.45, 7) is 5.77. The zero-order chi connectivity index (χ0) is 20.3. The van der Waals surface area contributed by atoms with Crippen LogP contribution >= 0.6 is 0 Å². The van der Waals surface area contributed by atoms with Crippen molar-refractivity contribution in [2.45, 2.75) is 13.8 Å². The number of carbonyl (C=O) groups excluding carboxylic acids is 2. The molecule has 0 spiro atoms. The van der Waals surface area contributed by atoms with Crippen LogP contribution < -0.4 is 5.32 Å². The molecule has 148 valence electrons. The van der Waals surface area contributed by atoms with Crippen molar-refractivity contribution in [3.8, 4) is 0 Å². The highest BCUT2D eigenvalue weighted by Gasteiger charge is 2.25. The van der Waals surface area contributed by atoms with E-state index in [1.54, 1.807) is 30.0 Å². The Morgan fingerprint density at radius 2 is 1.86 bits per heavy atom. The Bertz CT molecular complexity index is 886. The minimum atomic E-state index is -0.499. The van der Waals surface area contributed by atoms with Gasteiger partial charge in [-0.15, -0.1) is 0 Å². The number of nitro groups is 1. The molecule has 0 aliphatic carbocycles. The number of rotatable bonds is 5. The molecule has 2 heterocycles. The largest absolute Gasteiger partial charge is 0.459 e. The third-order valence-electron chi connectivity index (χ3n) is 4.84. The molecule has 0 bridgehead atoms. The van der Waals surface area contributed by atoms with Crippen molar-refractivity contribution >= 4 is 23.2 Å². The predicted molar refractivity (Wildman–Crippen MR) is 102 cm³/mol. The van der Waals surface area contributed by atoms with Crippen molar-refractivity contribution in [2.75, 3.05) is 38.0 Å². The van der Waals surface area contributed by atoms with Crippen molar-refractivity contribution in [1.82, 2.24) is 9.80 Å². The number of carbonyl (C=O) groups is 2. The highest BCUT2D eigenvalue weighted by Crippen LogP contribution is 2.27. The van der Waals surface area contributed by atoms with Crippen molar-refractivity contribution < 1.29 is 18.9 Å². The van der Waals surface area contributed by atoms with Gasteiger partial charge in [0.15, 0.2) is 5.76 Å². The number of hydrogen-bond donors (Lipinski definition) is 1. The standard InChI is InChI=1S/C19H22N4O5/c1-13-10-15(16(23(26)27)11-14(13)2)20-18(24)12-21-5-7-22(8-6-21)19(25)17-4-3-9-28-17/h3-4,9-11H,5-8,12H2,1-2H3,(H,20,24). The Morgan fingerprint density at radius 3 is 2.46 bits per heavy atom. The first-order valence-corrected chi connectivity index (χ1v) is 8.96. The van der Waals surface area contributed by atoms with Crippen LogP contribution in [0.1, 0.15) is 21.7 Å². The smallest absolute Gasteiger partial charge is 0.293 e. The van der Waals surface area contributed by atoms with Gasteiger partial charge in [-0.2, -0.15) is 0 Å². The fourth-order valence-electron chi connectivity index (χ4n) is 3.11. The minimum absolute atomic E-state index is 0.104. The number of nitrogens with one attached hydrogen (secondary N) is 1. The number of furan rings is 1. The zero-order valence-corrected chi connectivity index (χ0v) is 15.8. The fourth-order valence-corrected chi connectivity index (χ4v) is 3.11. The third kappa shape index (κ3) is 4.37. The minimum Gasteiger partial charge on any atom is -0.459 e. The van der Waals surface area contributed by atoms with Gasteiger partial charge in [0.05, 0.1) is 17.7 Å². The van der Waals surface area contributed by atoms with Gasteiger partial charge >= 0.3 is 0 Å². The lowest BCUT2D eigenvalue weighted by atomic mass is 10.1. The number of hydrogen-bond acceptors (Lipinski definition) is 6. The molecule has 3 rings (SSSR count). The lowest BCUT2D eigenvalue weighted by Crippen LogP contribution is -2.50. The van der Waals surface area contributed by atoms with E-state index in [4.69, 9.17) is 4.42 Å². The quantitative estimate of drug-likeness (QED) is 0.623. The summed E-state index contributed by atoms with van der Waals surface area (Å²) in [5, 5.41) is 13.9. The van der Waals surface area contributed by atoms with E-state index in [-0.39, 0.29) is 29.7 Å². The summed E-state index contributed by atoms with van der Waals surface area (Å²) < 4.78 is 5.13. The van der Waals surface area contributed by atoms with Crippen LogP contribution in [0.25, 0.3) is 0 Å². The maximum Gasteiger partial charge on any atom is 0.293 e. The molecule has 0 saturated carbocycles. The summed E-state index contributed by atoms with van der Waals surface area (Å²) >= 11 is 0. The second kappa shape index (κ2) is 8.22. The second-order valence-corrected chi connectivity index (χ2v) is 6.80. The van der Waals surface area contributed by atoms with Gasteiger partial charge < -0.3 is 14.6 Å². The van der Waals surface area contributed by atoms with Crippen LogP contribution in [0.4, 0.5) is 11.4 Å². The molecule has 1 fully saturated rings. The Kier molecular flexibility index (Phi) is 5.74. The maximum absolute atomic E-state index is 12.4. The number of piperazine rings is 1. The number of anilines is 1. The monoisotopic (exact) mass is 386 g/mol. The topological polar surface area (TPSA) is 109 Å². The molecule has 0 atom stereocenters. The zero-order valence-electron chi connectivity index (χ0n) is 15.8. The molecule has 2 aromatic rings. The Hall–Kier alpha value is -3.20. The summed E-state index contributed by atoms with van der Waals surface area (Å²) in [6, 6.07) is 6.37. The summed E-state index contributed by atoms with van der Waals surface area (Å²) in [5.74, 6) is -0.190. The van der Waals surface area contributed by atoms with Crippen molar-refractivity contribution in [1.29, 1.82) is 0 Å². The molecular weight excluding hydrogens is 364 g/mol. The Morgan fingerprint density at radius 1 is 1.18 bits per heavy atom. The van der Waals surface area contributed by atoms with Crippen molar-refractivity contribution in [2.24, 2.45) is 0 Å². The van der Waals surface area contributed by atoms with Crippen LogP contribution in [0.3, 0.4) is 0 Å². The van der Waals surface area contributed by atoms with E-state index < -0.39 is 4.92 Å². The van der Waals surface area contributed by atoms with E-state index in [2.05, 4.69) is 5.32 Å². The normalized spacial score (nSPS) is 14.7. The molecule has 9 heteroatoms. The number of nitrogens with zero attached hydrogens (tertiary/aromatic N) is 3. The van der Waals surface area contributed by atoms with E-state index >= 15 is 0 Å². The summed E-state index contributed by atoms with van der Waals surface area (Å²) in [4.78, 5) is 39.0. The van der Waals surface area contributed by atoms with Crippen LogP contribution in [-0.2, 0) is 4.79 Å². The molecule has 1 aliphatic heterocycles. The third-order valence-corrected chi connectivity index (χ3v) is 4.84. The van der Waals surface area contributed by atoms with Gasteiger partial charge in [-0.1, -0.05) is 0 Å². The highest BCUT2D eigenvalue weighted by atomic mass is 16.6. The van der Waals surface area contributed by atoms with E-state index in [1.807, 2.05) is 11.8 Å². The molecular formula is C19H22N4O5. The Balaban J connectivity index is 1.56. The predicted octanol–water partition coefficient (Wildman–Crippen LogP) is 2.20. The lowest BCUT2D eigenvalue weighted by molar-refractivity contribution is -0.384. The molecule has 1 saturated heterocycles. The van der Waals surface area contributed by atoms with E-state index in [0.717, 1.165) is 11.1 Å². The van der Waals surface area contributed by atoms with Gasteiger partial charge in [-0.05, 0) is 43.2 Å². The summed E-state index contributed by atoms with van der Waals surface area (Å²) in [5.41, 5.74) is 1.74. The second-order valence-electron chi connectivity index (χ2n) is 6.80. The molecule has 2 amide bonds. The lowest BCUT2D eigenvalue weighted by Gasteiger charge is -2.33. The van der Waals surface area contributed by atoms with Gasteiger partial charge in [-0.3, -0.25) is 24.6 Å². The molecule has 0 unspecified atom stereocenters. The van der Waals surface area contributed by atoms with Crippen LogP contribution in [0.2, 0.25) is 0 Å². The molecule has 0 radical (unpaired) electrons. The first-order chi connectivity index (χ1) is 13.3. The molecule has 1 aromatic heterocycles. The molecule has 1 aliphatic rings. The number of nitro benzene ring substituents is 1. The van der Waals surface area contributed by atoms with Gasteiger partial charge in [0.1, 0.15) is 5.69 Å². The van der Waals surface area contributed by atoms with Gasteiger partial charge in [-0.25, -0.2) is 0 Å². The van der Waals surface area contributed by atoms with E-state index in [0.29, 0.717) is 31.9 Å². The average Bonchev–Trinajstić information content (AvgIpc) is 3.19. The molecule has 1 aromatic carbocycles. The van der Waals surface area contributed by atoms with E-state index in [9.17, 15) is 19.7 Å². The first kappa shape index (κ1) is 19.6. The maximum atomic E-state index is 12.4.